The number of hydrogen-bond donors (Lipinski definition) is 1. The highest BCUT2D eigenvalue weighted by Crippen LogP contribution is 2.37. The number of fused-ring (bicyclic) bond motifs is 1. The molecule has 0 amide bonds. The summed E-state index contributed by atoms with van der Waals surface area (Å²) in [4.78, 5) is 32.3. The van der Waals surface area contributed by atoms with E-state index in [1.165, 1.54) is 6.20 Å². The van der Waals surface area contributed by atoms with Crippen molar-refractivity contribution in [2.45, 2.75) is 18.9 Å². The Hall–Kier alpha value is -2.19. The maximum atomic E-state index is 14.6. The largest absolute Gasteiger partial charge is 0.477 e. The minimum Gasteiger partial charge on any atom is -0.477 e. The maximum Gasteiger partial charge on any atom is 0.341 e. The Labute approximate surface area is 155 Å². The lowest BCUT2D eigenvalue weighted by Crippen LogP contribution is -2.45. The van der Waals surface area contributed by atoms with Crippen LogP contribution in [0.3, 0.4) is 0 Å². The topological polar surface area (TPSA) is 78.7 Å². The number of nitrogens with zero attached hydrogens (tertiary/aromatic N) is 4. The Bertz CT molecular complexity index is 920. The SMILES string of the molecule is CN1CCN(c2nc3c(cc2F)c(=O)c(C(=O)O)cn3C2CC2)CC1.Cl. The van der Waals surface area contributed by atoms with Crippen molar-refractivity contribution >= 4 is 35.2 Å². The standard InChI is InChI=1S/C17H19FN4O3.ClH/c1-20-4-6-21(7-5-20)16-13(18)8-11-14(23)12(17(24)25)9-22(10-2-3-10)15(11)19-16;/h8-10H,2-7H2,1H3,(H,24,25);1H. The number of likely N-dealkylation sites (N-methyl/N-ethyl adjacent to an activating group) is 1. The van der Waals surface area contributed by atoms with E-state index in [0.717, 1.165) is 32.0 Å². The van der Waals surface area contributed by atoms with Gasteiger partial charge in [0.05, 0.1) is 5.39 Å². The van der Waals surface area contributed by atoms with Crippen molar-refractivity contribution in [3.63, 3.8) is 0 Å². The lowest BCUT2D eigenvalue weighted by atomic mass is 10.1. The maximum absolute atomic E-state index is 14.6. The van der Waals surface area contributed by atoms with E-state index >= 15 is 0 Å². The number of carbonyl (C=O) groups is 1. The first-order valence-electron chi connectivity index (χ1n) is 8.38. The lowest BCUT2D eigenvalue weighted by molar-refractivity contribution is 0.0695. The quantitative estimate of drug-likeness (QED) is 0.871. The average Bonchev–Trinajstić information content (AvgIpc) is 3.41. The van der Waals surface area contributed by atoms with Gasteiger partial charge in [-0.3, -0.25) is 4.79 Å². The van der Waals surface area contributed by atoms with Crippen LogP contribution in [-0.2, 0) is 0 Å². The first-order valence-corrected chi connectivity index (χ1v) is 8.38. The van der Waals surface area contributed by atoms with E-state index in [1.807, 2.05) is 11.9 Å². The van der Waals surface area contributed by atoms with Crippen LogP contribution in [0.15, 0.2) is 17.1 Å². The summed E-state index contributed by atoms with van der Waals surface area (Å²) in [7, 11) is 2.01. The molecule has 1 aliphatic carbocycles. The third kappa shape index (κ3) is 3.14. The number of anilines is 1. The molecule has 3 heterocycles. The lowest BCUT2D eigenvalue weighted by Gasteiger charge is -2.33. The predicted molar refractivity (Wildman–Crippen MR) is 98.1 cm³/mol. The van der Waals surface area contributed by atoms with Gasteiger partial charge in [0, 0.05) is 38.4 Å². The van der Waals surface area contributed by atoms with Crippen molar-refractivity contribution < 1.29 is 14.3 Å². The normalized spacial score (nSPS) is 18.0. The molecule has 0 atom stereocenters. The van der Waals surface area contributed by atoms with Crippen molar-refractivity contribution in [3.8, 4) is 0 Å². The van der Waals surface area contributed by atoms with Crippen molar-refractivity contribution in [1.29, 1.82) is 0 Å². The number of halogens is 2. The van der Waals surface area contributed by atoms with Gasteiger partial charge in [-0.25, -0.2) is 14.2 Å². The first-order chi connectivity index (χ1) is 12.0. The second-order valence-electron chi connectivity index (χ2n) is 6.77. The molecule has 0 aromatic carbocycles. The molecular weight excluding hydrogens is 363 g/mol. The van der Waals surface area contributed by atoms with Crippen molar-refractivity contribution in [2.75, 3.05) is 38.1 Å². The first kappa shape index (κ1) is 18.6. The Kier molecular flexibility index (Phi) is 4.90. The Morgan fingerprint density at radius 3 is 2.50 bits per heavy atom. The van der Waals surface area contributed by atoms with Crippen LogP contribution in [0.2, 0.25) is 0 Å². The molecule has 1 aliphatic heterocycles. The fourth-order valence-corrected chi connectivity index (χ4v) is 3.26. The van der Waals surface area contributed by atoms with E-state index in [4.69, 9.17) is 0 Å². The second kappa shape index (κ2) is 6.85. The summed E-state index contributed by atoms with van der Waals surface area (Å²) >= 11 is 0. The van der Waals surface area contributed by atoms with Gasteiger partial charge in [0.2, 0.25) is 5.43 Å². The van der Waals surface area contributed by atoms with Crippen LogP contribution in [0, 0.1) is 5.82 Å². The molecule has 0 unspecified atom stereocenters. The highest BCUT2D eigenvalue weighted by molar-refractivity contribution is 5.92. The van der Waals surface area contributed by atoms with Gasteiger partial charge in [0.15, 0.2) is 11.6 Å². The fourth-order valence-electron chi connectivity index (χ4n) is 3.26. The molecule has 2 aromatic rings. The van der Waals surface area contributed by atoms with E-state index in [-0.39, 0.29) is 35.2 Å². The van der Waals surface area contributed by atoms with E-state index in [1.54, 1.807) is 4.57 Å². The van der Waals surface area contributed by atoms with Crippen LogP contribution in [0.4, 0.5) is 10.2 Å². The third-order valence-electron chi connectivity index (χ3n) is 4.91. The van der Waals surface area contributed by atoms with Crippen molar-refractivity contribution in [1.82, 2.24) is 14.5 Å². The molecule has 4 rings (SSSR count). The summed E-state index contributed by atoms with van der Waals surface area (Å²) in [5.41, 5.74) is -0.656. The number of carboxylic acid groups (broad SMARTS) is 1. The van der Waals surface area contributed by atoms with Crippen molar-refractivity contribution in [2.24, 2.45) is 0 Å². The molecule has 9 heteroatoms. The highest BCUT2D eigenvalue weighted by atomic mass is 35.5. The van der Waals surface area contributed by atoms with Gasteiger partial charge >= 0.3 is 5.97 Å². The van der Waals surface area contributed by atoms with Gasteiger partial charge in [0.25, 0.3) is 0 Å². The molecule has 140 valence electrons. The van der Waals surface area contributed by atoms with Gasteiger partial charge in [0.1, 0.15) is 11.2 Å². The molecule has 0 spiro atoms. The zero-order chi connectivity index (χ0) is 17.7. The van der Waals surface area contributed by atoms with Crippen LogP contribution in [0.5, 0.6) is 0 Å². The second-order valence-corrected chi connectivity index (χ2v) is 6.77. The molecule has 1 saturated heterocycles. The zero-order valence-corrected chi connectivity index (χ0v) is 15.1. The smallest absolute Gasteiger partial charge is 0.341 e. The summed E-state index contributed by atoms with van der Waals surface area (Å²) in [6.45, 7) is 2.94. The molecule has 2 fully saturated rings. The van der Waals surface area contributed by atoms with E-state index in [2.05, 4.69) is 9.88 Å². The molecule has 26 heavy (non-hydrogen) atoms. The van der Waals surface area contributed by atoms with Crippen LogP contribution in [-0.4, -0.2) is 58.8 Å². The minimum absolute atomic E-state index is 0. The van der Waals surface area contributed by atoms with Crippen LogP contribution in [0.1, 0.15) is 29.2 Å². The van der Waals surface area contributed by atoms with E-state index in [9.17, 15) is 19.1 Å². The molecule has 2 aromatic heterocycles. The number of carboxylic acids is 1. The summed E-state index contributed by atoms with van der Waals surface area (Å²) in [6.07, 6.45) is 3.16. The van der Waals surface area contributed by atoms with Crippen LogP contribution < -0.4 is 10.3 Å². The molecule has 0 bridgehead atoms. The van der Waals surface area contributed by atoms with Crippen LogP contribution >= 0.6 is 12.4 Å². The summed E-state index contributed by atoms with van der Waals surface area (Å²) in [6, 6.07) is 1.27. The number of aromatic carboxylic acids is 1. The van der Waals surface area contributed by atoms with Gasteiger partial charge < -0.3 is 19.5 Å². The molecule has 7 nitrogen and oxygen atoms in total. The Morgan fingerprint density at radius 1 is 1.27 bits per heavy atom. The van der Waals surface area contributed by atoms with Crippen molar-refractivity contribution in [3.05, 3.63) is 33.9 Å². The van der Waals surface area contributed by atoms with E-state index < -0.39 is 17.2 Å². The van der Waals surface area contributed by atoms with Crippen LogP contribution in [0.25, 0.3) is 11.0 Å². The number of rotatable bonds is 3. The number of hydrogen-bond acceptors (Lipinski definition) is 5. The third-order valence-corrected chi connectivity index (χ3v) is 4.91. The monoisotopic (exact) mass is 382 g/mol. The molecule has 1 saturated carbocycles. The molecule has 1 N–H and O–H groups in total. The Balaban J connectivity index is 0.00000196. The summed E-state index contributed by atoms with van der Waals surface area (Å²) < 4.78 is 16.4. The van der Waals surface area contributed by atoms with E-state index in [0.29, 0.717) is 18.7 Å². The van der Waals surface area contributed by atoms with Gasteiger partial charge in [-0.2, -0.15) is 0 Å². The summed E-state index contributed by atoms with van der Waals surface area (Å²) in [5, 5.41) is 9.29. The molecule has 2 aliphatic rings. The molecular formula is C17H20ClFN4O3. The van der Waals surface area contributed by atoms with Gasteiger partial charge in [-0.05, 0) is 26.0 Å². The highest BCUT2D eigenvalue weighted by Gasteiger charge is 2.29. The average molecular weight is 383 g/mol. The number of pyridine rings is 2. The number of piperazine rings is 1. The fraction of sp³-hybridized carbons (Fsp3) is 0.471. The van der Waals surface area contributed by atoms with Gasteiger partial charge in [-0.15, -0.1) is 12.4 Å². The zero-order valence-electron chi connectivity index (χ0n) is 14.3. The number of aromatic nitrogens is 2. The Morgan fingerprint density at radius 2 is 1.92 bits per heavy atom. The predicted octanol–water partition coefficient (Wildman–Crippen LogP) is 1.74. The molecule has 0 radical (unpaired) electrons. The minimum atomic E-state index is -1.30. The van der Waals surface area contributed by atoms with Gasteiger partial charge in [-0.1, -0.05) is 0 Å². The summed E-state index contributed by atoms with van der Waals surface area (Å²) in [5.74, 6) is -1.65.